The van der Waals surface area contributed by atoms with Crippen molar-refractivity contribution in [3.05, 3.63) is 485 Å². The third kappa shape index (κ3) is 13.5. The zero-order valence-corrected chi connectivity index (χ0v) is 68.8. The van der Waals surface area contributed by atoms with E-state index in [4.69, 9.17) is 8.83 Å². The number of hydrogen-bond acceptors (Lipinski definition) is 4. The van der Waals surface area contributed by atoms with Gasteiger partial charge >= 0.3 is 0 Å². The highest BCUT2D eigenvalue weighted by Crippen LogP contribution is 2.50. The summed E-state index contributed by atoms with van der Waals surface area (Å²) in [6.45, 7) is 0. The number of rotatable bonds is 16. The van der Waals surface area contributed by atoms with Gasteiger partial charge in [0, 0.05) is 88.3 Å². The fourth-order valence-electron chi connectivity index (χ4n) is 18.9. The minimum atomic E-state index is 0.878. The number of nitrogens with zero attached hydrogens (tertiary/aromatic N) is 4. The van der Waals surface area contributed by atoms with Crippen LogP contribution in [0.5, 0.6) is 0 Å². The van der Waals surface area contributed by atoms with E-state index in [0.717, 1.165) is 145 Å². The van der Waals surface area contributed by atoms with Crippen molar-refractivity contribution >= 4 is 122 Å². The molecule has 4 aromatic heterocycles. The maximum atomic E-state index is 6.40. The Balaban J connectivity index is 0.000000145. The Hall–Kier alpha value is -16.8. The summed E-state index contributed by atoms with van der Waals surface area (Å²) in [6.07, 6.45) is 0. The summed E-state index contributed by atoms with van der Waals surface area (Å²) in [7, 11) is 0. The van der Waals surface area contributed by atoms with Crippen molar-refractivity contribution in [3.63, 3.8) is 0 Å². The summed E-state index contributed by atoms with van der Waals surface area (Å²) in [4.78, 5) is 4.79. The Morgan fingerprint density at radius 2 is 0.421 bits per heavy atom. The van der Waals surface area contributed by atoms with Gasteiger partial charge in [-0.1, -0.05) is 340 Å². The lowest BCUT2D eigenvalue weighted by molar-refractivity contribution is 0.668. The maximum Gasteiger partial charge on any atom is 0.136 e. The molecule has 0 amide bonds. The van der Waals surface area contributed by atoms with E-state index in [1.807, 2.05) is 12.1 Å². The van der Waals surface area contributed by atoms with Crippen molar-refractivity contribution in [3.8, 4) is 100 Å². The molecule has 0 atom stereocenters. The summed E-state index contributed by atoms with van der Waals surface area (Å²) >= 11 is 0. The fourth-order valence-corrected chi connectivity index (χ4v) is 18.9. The minimum Gasteiger partial charge on any atom is -0.456 e. The van der Waals surface area contributed by atoms with Crippen LogP contribution in [0.2, 0.25) is 0 Å². The molecule has 0 aliphatic carbocycles. The van der Waals surface area contributed by atoms with E-state index in [9.17, 15) is 0 Å². The Morgan fingerprint density at radius 1 is 0.159 bits per heavy atom. The zero-order chi connectivity index (χ0) is 83.4. The van der Waals surface area contributed by atoms with Crippen molar-refractivity contribution in [2.45, 2.75) is 0 Å². The van der Waals surface area contributed by atoms with E-state index < -0.39 is 0 Å². The SMILES string of the molecule is c1ccc(-c2cccc(-c3ccc(N(c4ccc(-c5cccc(-n6c7ccccc7c7ccccc76)c5)cc4)c4ccccc4-c4cccc5oc6ccccc6c45)cc3)c2)cc1.c1ccc(-c2cccc(-c3cccc(N(c4ccc(-c5cccc(-n6c7ccccc7c7ccccc76)c5)cc4)c4ccccc4-c4cccc5oc6ccccc6c45)c3)c2)cc1. The van der Waals surface area contributed by atoms with Crippen LogP contribution in [0.1, 0.15) is 0 Å². The highest BCUT2D eigenvalue weighted by Gasteiger charge is 2.25. The predicted molar refractivity (Wildman–Crippen MR) is 529 cm³/mol. The Morgan fingerprint density at radius 3 is 0.817 bits per heavy atom. The van der Waals surface area contributed by atoms with E-state index in [2.05, 4.69) is 492 Å². The Labute approximate surface area is 730 Å². The lowest BCUT2D eigenvalue weighted by Crippen LogP contribution is -2.11. The highest BCUT2D eigenvalue weighted by molar-refractivity contribution is 6.16. The normalized spacial score (nSPS) is 11.5. The second-order valence-corrected chi connectivity index (χ2v) is 32.2. The first kappa shape index (κ1) is 74.3. The molecule has 0 bridgehead atoms. The Kier molecular flexibility index (Phi) is 18.8. The van der Waals surface area contributed by atoms with E-state index in [1.165, 1.54) is 77.0 Å². The molecular formula is C120H80N4O2. The smallest absolute Gasteiger partial charge is 0.136 e. The molecule has 6 heteroatoms. The second-order valence-electron chi connectivity index (χ2n) is 32.2. The van der Waals surface area contributed by atoms with E-state index in [-0.39, 0.29) is 0 Å². The van der Waals surface area contributed by atoms with Crippen LogP contribution < -0.4 is 9.80 Å². The van der Waals surface area contributed by atoms with Crippen LogP contribution in [-0.2, 0) is 0 Å². The Bertz CT molecular complexity index is 8110. The molecule has 6 nitrogen and oxygen atoms in total. The van der Waals surface area contributed by atoms with Crippen molar-refractivity contribution in [1.82, 2.24) is 9.13 Å². The first-order valence-electron chi connectivity index (χ1n) is 43.0. The quantitative estimate of drug-likeness (QED) is 0.0967. The van der Waals surface area contributed by atoms with Crippen LogP contribution in [0.3, 0.4) is 0 Å². The zero-order valence-electron chi connectivity index (χ0n) is 68.8. The number of furan rings is 2. The standard InChI is InChI=1S/2C60H40N2O/c1-2-16-41(17-3-1)43-18-12-19-44(38-43)46-21-14-22-48(40-46)61(55-29-8-6-26-52(55)53-28-15-33-59-60(53)54-27-7-11-32-58(54)63-59)47-36-34-42(35-37-47)45-20-13-23-49(39-45)62-56-30-9-4-24-50(56)51-25-5-10-31-57(51)62;1-2-15-41(16-3-1)44-17-12-18-45(39-44)42-31-35-47(36-32-42)61(55-26-8-6-23-52(55)53-25-14-30-59-60(53)54-24-7-11-29-58(54)63-59)48-37-33-43(34-38-48)46-19-13-20-49(40-46)62-56-27-9-4-21-50(56)51-22-5-10-28-57(51)62/h2*1-40H. The lowest BCUT2D eigenvalue weighted by Gasteiger charge is -2.28. The van der Waals surface area contributed by atoms with Crippen molar-refractivity contribution < 1.29 is 8.83 Å². The third-order valence-corrected chi connectivity index (χ3v) is 24.8. The van der Waals surface area contributed by atoms with Gasteiger partial charge in [0.1, 0.15) is 22.3 Å². The maximum absolute atomic E-state index is 6.40. The number of anilines is 6. The summed E-state index contributed by atoms with van der Waals surface area (Å²) in [5.74, 6) is 0. The van der Waals surface area contributed by atoms with Gasteiger partial charge in [0.2, 0.25) is 0 Å². The van der Waals surface area contributed by atoms with Gasteiger partial charge in [0.15, 0.2) is 0 Å². The first-order chi connectivity index (χ1) is 62.5. The van der Waals surface area contributed by atoms with Crippen molar-refractivity contribution in [1.29, 1.82) is 0 Å². The summed E-state index contributed by atoms with van der Waals surface area (Å²) in [5.41, 5.74) is 35.6. The number of benzene rings is 20. The van der Waals surface area contributed by atoms with Crippen LogP contribution in [0.15, 0.2) is 494 Å². The highest BCUT2D eigenvalue weighted by atomic mass is 16.3. The molecule has 24 rings (SSSR count). The van der Waals surface area contributed by atoms with Crippen LogP contribution in [0.25, 0.3) is 188 Å². The lowest BCUT2D eigenvalue weighted by atomic mass is 9.96. The van der Waals surface area contributed by atoms with Gasteiger partial charge < -0.3 is 27.8 Å². The second kappa shape index (κ2) is 32.0. The molecule has 4 heterocycles. The van der Waals surface area contributed by atoms with Gasteiger partial charge in [0.25, 0.3) is 0 Å². The van der Waals surface area contributed by atoms with Crippen molar-refractivity contribution in [2.24, 2.45) is 0 Å². The van der Waals surface area contributed by atoms with E-state index in [0.29, 0.717) is 0 Å². The summed E-state index contributed by atoms with van der Waals surface area (Å²) in [5, 5.41) is 9.49. The molecule has 20 aromatic carbocycles. The van der Waals surface area contributed by atoms with Crippen molar-refractivity contribution in [2.75, 3.05) is 9.80 Å². The van der Waals surface area contributed by atoms with Gasteiger partial charge in [-0.05, 0) is 223 Å². The first-order valence-corrected chi connectivity index (χ1v) is 43.0. The molecule has 0 aliphatic heterocycles. The number of para-hydroxylation sites is 8. The predicted octanol–water partition coefficient (Wildman–Crippen LogP) is 33.6. The van der Waals surface area contributed by atoms with Gasteiger partial charge in [0.05, 0.1) is 33.4 Å². The number of fused-ring (bicyclic) bond motifs is 12. The largest absolute Gasteiger partial charge is 0.456 e. The summed E-state index contributed by atoms with van der Waals surface area (Å²) < 4.78 is 17.6. The molecule has 0 N–H and O–H groups in total. The van der Waals surface area contributed by atoms with Gasteiger partial charge in [-0.3, -0.25) is 0 Å². The minimum absolute atomic E-state index is 0.878. The molecule has 0 saturated carbocycles. The van der Waals surface area contributed by atoms with E-state index >= 15 is 0 Å². The average molecular weight is 1610 g/mol. The third-order valence-electron chi connectivity index (χ3n) is 24.8. The monoisotopic (exact) mass is 1610 g/mol. The van der Waals surface area contributed by atoms with E-state index in [1.54, 1.807) is 0 Å². The molecule has 0 fully saturated rings. The van der Waals surface area contributed by atoms with Gasteiger partial charge in [-0.2, -0.15) is 0 Å². The van der Waals surface area contributed by atoms with Gasteiger partial charge in [-0.25, -0.2) is 0 Å². The molecule has 0 radical (unpaired) electrons. The summed E-state index contributed by atoms with van der Waals surface area (Å²) in [6, 6.07) is 174. The number of hydrogen-bond donors (Lipinski definition) is 0. The fraction of sp³-hybridized carbons (Fsp3) is 0. The molecule has 24 aromatic rings. The average Bonchev–Trinajstić information content (AvgIpc) is 1.56. The molecule has 592 valence electrons. The molecular weight excluding hydrogens is 1530 g/mol. The van der Waals surface area contributed by atoms with Crippen LogP contribution in [-0.4, -0.2) is 9.13 Å². The molecule has 126 heavy (non-hydrogen) atoms. The van der Waals surface area contributed by atoms with Gasteiger partial charge in [-0.15, -0.1) is 0 Å². The topological polar surface area (TPSA) is 42.6 Å². The molecule has 0 aliphatic rings. The molecule has 0 unspecified atom stereocenters. The number of aromatic nitrogens is 2. The van der Waals surface area contributed by atoms with Crippen LogP contribution >= 0.6 is 0 Å². The van der Waals surface area contributed by atoms with Crippen LogP contribution in [0.4, 0.5) is 34.1 Å². The molecule has 0 saturated heterocycles. The van der Waals surface area contributed by atoms with Crippen LogP contribution in [0, 0.1) is 0 Å². The molecule has 0 spiro atoms.